The predicted molar refractivity (Wildman–Crippen MR) is 115 cm³/mol. The van der Waals surface area contributed by atoms with Gasteiger partial charge in [0, 0.05) is 17.7 Å². The Bertz CT molecular complexity index is 935. The van der Waals surface area contributed by atoms with Gasteiger partial charge in [0.05, 0.1) is 6.10 Å². The topological polar surface area (TPSA) is 9.23 Å². The first-order chi connectivity index (χ1) is 14.7. The zero-order valence-corrected chi connectivity index (χ0v) is 18.2. The Morgan fingerprint density at radius 3 is 2.68 bits per heavy atom. The van der Waals surface area contributed by atoms with Crippen molar-refractivity contribution in [2.24, 2.45) is 5.92 Å². The lowest BCUT2D eigenvalue weighted by atomic mass is 9.78. The summed E-state index contributed by atoms with van der Waals surface area (Å²) in [6.07, 6.45) is 5.51. The molecule has 1 aromatic carbocycles. The molecule has 1 aliphatic heterocycles. The van der Waals surface area contributed by atoms with E-state index in [4.69, 9.17) is 4.74 Å². The van der Waals surface area contributed by atoms with Crippen LogP contribution in [0.25, 0.3) is 5.57 Å². The second-order valence-corrected chi connectivity index (χ2v) is 9.43. The number of halogens is 4. The number of hydrogen-bond donors (Lipinski definition) is 0. The molecule has 0 saturated carbocycles. The van der Waals surface area contributed by atoms with E-state index in [2.05, 4.69) is 13.5 Å². The zero-order chi connectivity index (χ0) is 22.3. The van der Waals surface area contributed by atoms with Gasteiger partial charge in [0.1, 0.15) is 0 Å². The van der Waals surface area contributed by atoms with Crippen molar-refractivity contribution >= 4 is 5.57 Å². The SMILES string of the molecule is C=CCCc1cc2c(c(F)c1F)C1=C(C=C(CCC3CCC(C)CO3)C(C)(F)C1F)C2. The summed E-state index contributed by atoms with van der Waals surface area (Å²) < 4.78 is 66.5. The molecule has 2 aliphatic carbocycles. The molecule has 0 spiro atoms. The largest absolute Gasteiger partial charge is 0.378 e. The van der Waals surface area contributed by atoms with E-state index in [1.54, 1.807) is 18.2 Å². The van der Waals surface area contributed by atoms with Gasteiger partial charge in [0.25, 0.3) is 0 Å². The summed E-state index contributed by atoms with van der Waals surface area (Å²) in [5.74, 6) is -1.51. The van der Waals surface area contributed by atoms with Gasteiger partial charge in [-0.15, -0.1) is 6.58 Å². The normalized spacial score (nSPS) is 30.1. The van der Waals surface area contributed by atoms with E-state index < -0.39 is 23.5 Å². The van der Waals surface area contributed by atoms with Crippen molar-refractivity contribution in [2.75, 3.05) is 6.61 Å². The van der Waals surface area contributed by atoms with Gasteiger partial charge in [0.15, 0.2) is 23.5 Å². The lowest BCUT2D eigenvalue weighted by Crippen LogP contribution is -2.38. The van der Waals surface area contributed by atoms with Crippen LogP contribution in [0.5, 0.6) is 0 Å². The third-order valence-electron chi connectivity index (χ3n) is 7.02. The van der Waals surface area contributed by atoms with E-state index in [0.717, 1.165) is 12.8 Å². The molecule has 0 radical (unpaired) electrons. The van der Waals surface area contributed by atoms with E-state index in [9.17, 15) is 8.78 Å². The Morgan fingerprint density at radius 1 is 1.23 bits per heavy atom. The van der Waals surface area contributed by atoms with E-state index in [1.165, 1.54) is 6.92 Å². The Labute approximate surface area is 181 Å². The highest BCUT2D eigenvalue weighted by Gasteiger charge is 2.48. The number of ether oxygens (including phenoxy) is 1. The molecule has 1 saturated heterocycles. The Kier molecular flexibility index (Phi) is 6.17. The molecule has 4 unspecified atom stereocenters. The summed E-state index contributed by atoms with van der Waals surface area (Å²) in [4.78, 5) is 0. The highest BCUT2D eigenvalue weighted by Crippen LogP contribution is 2.50. The minimum atomic E-state index is -2.26. The van der Waals surface area contributed by atoms with Crippen molar-refractivity contribution in [3.05, 3.63) is 64.3 Å². The van der Waals surface area contributed by atoms with Crippen LogP contribution in [-0.4, -0.2) is 24.6 Å². The first kappa shape index (κ1) is 22.3. The average Bonchev–Trinajstić information content (AvgIpc) is 3.10. The van der Waals surface area contributed by atoms with Crippen molar-refractivity contribution in [3.63, 3.8) is 0 Å². The summed E-state index contributed by atoms with van der Waals surface area (Å²) in [6, 6.07) is 1.60. The molecule has 3 aliphatic rings. The Balaban J connectivity index is 1.61. The number of hydrogen-bond acceptors (Lipinski definition) is 1. The smallest absolute Gasteiger partial charge is 0.167 e. The number of rotatable bonds is 6. The Morgan fingerprint density at radius 2 is 2.00 bits per heavy atom. The maximum absolute atomic E-state index is 15.6. The van der Waals surface area contributed by atoms with E-state index in [1.807, 2.05) is 0 Å². The number of fused-ring (bicyclic) bond motifs is 2. The average molecular weight is 435 g/mol. The van der Waals surface area contributed by atoms with Gasteiger partial charge >= 0.3 is 0 Å². The van der Waals surface area contributed by atoms with Crippen LogP contribution < -0.4 is 0 Å². The molecular weight excluding hydrogens is 404 g/mol. The first-order valence-electron chi connectivity index (χ1n) is 11.2. The van der Waals surface area contributed by atoms with Crippen LogP contribution in [0, 0.1) is 17.6 Å². The van der Waals surface area contributed by atoms with Gasteiger partial charge in [0.2, 0.25) is 0 Å². The molecule has 0 aromatic heterocycles. The lowest BCUT2D eigenvalue weighted by molar-refractivity contribution is -0.0158. The minimum absolute atomic E-state index is 0.0295. The van der Waals surface area contributed by atoms with Crippen LogP contribution in [0.15, 0.2) is 35.9 Å². The van der Waals surface area contributed by atoms with Crippen LogP contribution in [0.4, 0.5) is 17.6 Å². The third kappa shape index (κ3) is 4.02. The third-order valence-corrected chi connectivity index (χ3v) is 7.02. The fourth-order valence-corrected chi connectivity index (χ4v) is 5.07. The molecule has 4 atom stereocenters. The number of aryl methyl sites for hydroxylation is 1. The second kappa shape index (κ2) is 8.57. The summed E-state index contributed by atoms with van der Waals surface area (Å²) >= 11 is 0. The highest BCUT2D eigenvalue weighted by molar-refractivity contribution is 5.84. The van der Waals surface area contributed by atoms with Gasteiger partial charge in [-0.3, -0.25) is 0 Å². The van der Waals surface area contributed by atoms with Crippen molar-refractivity contribution in [3.8, 4) is 0 Å². The molecule has 0 amide bonds. The van der Waals surface area contributed by atoms with Crippen LogP contribution in [0.1, 0.15) is 62.6 Å². The van der Waals surface area contributed by atoms with Crippen LogP contribution in [0.2, 0.25) is 0 Å². The summed E-state index contributed by atoms with van der Waals surface area (Å²) in [7, 11) is 0. The molecule has 0 N–H and O–H groups in total. The molecule has 1 aromatic rings. The standard InChI is InChI=1S/C26H30F4O/c1-4-5-6-16-11-17-12-18-13-19(8-10-20-9-7-15(2)14-31-20)26(3,30)25(29)22(18)21(17)24(28)23(16)27/h4,11,13,15,20,25H,1,5-10,12,14H2,2-3H3. The fraction of sp³-hybridized carbons (Fsp3) is 0.538. The molecule has 4 rings (SSSR count). The summed E-state index contributed by atoms with van der Waals surface area (Å²) in [5, 5.41) is 0. The molecule has 0 bridgehead atoms. The fourth-order valence-electron chi connectivity index (χ4n) is 5.07. The molecule has 1 nitrogen and oxygen atoms in total. The zero-order valence-electron chi connectivity index (χ0n) is 18.2. The van der Waals surface area contributed by atoms with E-state index in [0.29, 0.717) is 61.3 Å². The maximum Gasteiger partial charge on any atom is 0.167 e. The molecule has 1 fully saturated rings. The number of alkyl halides is 2. The lowest BCUT2D eigenvalue weighted by Gasteiger charge is -2.34. The predicted octanol–water partition coefficient (Wildman–Crippen LogP) is 6.99. The van der Waals surface area contributed by atoms with Crippen LogP contribution in [-0.2, 0) is 17.6 Å². The quantitative estimate of drug-likeness (QED) is 0.346. The number of benzene rings is 1. The molecule has 1 heterocycles. The van der Waals surface area contributed by atoms with E-state index >= 15 is 8.78 Å². The van der Waals surface area contributed by atoms with Crippen LogP contribution >= 0.6 is 0 Å². The van der Waals surface area contributed by atoms with Gasteiger partial charge in [-0.25, -0.2) is 17.6 Å². The van der Waals surface area contributed by atoms with Gasteiger partial charge < -0.3 is 4.74 Å². The van der Waals surface area contributed by atoms with Crippen LogP contribution in [0.3, 0.4) is 0 Å². The van der Waals surface area contributed by atoms with Crippen molar-refractivity contribution in [1.29, 1.82) is 0 Å². The monoisotopic (exact) mass is 434 g/mol. The van der Waals surface area contributed by atoms with Crippen molar-refractivity contribution < 1.29 is 22.3 Å². The van der Waals surface area contributed by atoms with Crippen molar-refractivity contribution in [1.82, 2.24) is 0 Å². The molecular formula is C26H30F4O. The first-order valence-corrected chi connectivity index (χ1v) is 11.2. The van der Waals surface area contributed by atoms with Crippen molar-refractivity contribution in [2.45, 2.75) is 76.7 Å². The molecule has 5 heteroatoms. The summed E-state index contributed by atoms with van der Waals surface area (Å²) in [5.41, 5.74) is -0.658. The highest BCUT2D eigenvalue weighted by atomic mass is 19.2. The van der Waals surface area contributed by atoms with Gasteiger partial charge in [-0.2, -0.15) is 0 Å². The van der Waals surface area contributed by atoms with Gasteiger partial charge in [-0.05, 0) is 80.1 Å². The molecule has 31 heavy (non-hydrogen) atoms. The second-order valence-electron chi connectivity index (χ2n) is 9.43. The van der Waals surface area contributed by atoms with E-state index in [-0.39, 0.29) is 22.8 Å². The minimum Gasteiger partial charge on any atom is -0.378 e. The Hall–Kier alpha value is -1.88. The number of allylic oxidation sites excluding steroid dienone is 5. The summed E-state index contributed by atoms with van der Waals surface area (Å²) in [6.45, 7) is 7.67. The van der Waals surface area contributed by atoms with Gasteiger partial charge in [-0.1, -0.05) is 25.1 Å². The maximum atomic E-state index is 15.6. The molecule has 168 valence electrons.